The lowest BCUT2D eigenvalue weighted by atomic mass is 10.1. The predicted octanol–water partition coefficient (Wildman–Crippen LogP) is 3.20. The van der Waals surface area contributed by atoms with Gasteiger partial charge < -0.3 is 10.5 Å². The second kappa shape index (κ2) is 5.40. The highest BCUT2D eigenvalue weighted by atomic mass is 19.4. The molecule has 96 valence electrons. The van der Waals surface area contributed by atoms with E-state index in [1.807, 2.05) is 13.8 Å². The van der Waals surface area contributed by atoms with Crippen LogP contribution in [0.25, 0.3) is 0 Å². The molecule has 0 unspecified atom stereocenters. The molecule has 0 bridgehead atoms. The summed E-state index contributed by atoms with van der Waals surface area (Å²) in [4.78, 5) is 0. The number of alkyl halides is 3. The average Bonchev–Trinajstić information content (AvgIpc) is 2.24. The van der Waals surface area contributed by atoms with Gasteiger partial charge in [-0.05, 0) is 24.1 Å². The van der Waals surface area contributed by atoms with Gasteiger partial charge in [0.1, 0.15) is 5.75 Å². The van der Waals surface area contributed by atoms with Crippen molar-refractivity contribution in [1.29, 1.82) is 0 Å². The third-order valence-corrected chi connectivity index (χ3v) is 2.18. The molecule has 0 spiro atoms. The highest BCUT2D eigenvalue weighted by Crippen LogP contribution is 2.32. The molecule has 0 fully saturated rings. The molecule has 2 N–H and O–H groups in total. The van der Waals surface area contributed by atoms with Crippen LogP contribution in [0, 0.1) is 5.92 Å². The summed E-state index contributed by atoms with van der Waals surface area (Å²) in [6.45, 7) is 4.41. The zero-order valence-corrected chi connectivity index (χ0v) is 9.84. The molecule has 17 heavy (non-hydrogen) atoms. The fraction of sp³-hybridized carbons (Fsp3) is 0.500. The van der Waals surface area contributed by atoms with Crippen LogP contribution in [0.4, 0.5) is 13.2 Å². The highest BCUT2D eigenvalue weighted by molar-refractivity contribution is 5.38. The van der Waals surface area contributed by atoms with Gasteiger partial charge in [0, 0.05) is 12.1 Å². The van der Waals surface area contributed by atoms with Crippen molar-refractivity contribution < 1.29 is 17.9 Å². The van der Waals surface area contributed by atoms with Crippen molar-refractivity contribution >= 4 is 0 Å². The molecule has 2 nitrogen and oxygen atoms in total. The highest BCUT2D eigenvalue weighted by Gasteiger charge is 2.31. The van der Waals surface area contributed by atoms with Gasteiger partial charge in [-0.3, -0.25) is 0 Å². The molecule has 0 amide bonds. The molecule has 0 aliphatic carbocycles. The Balaban J connectivity index is 2.93. The summed E-state index contributed by atoms with van der Waals surface area (Å²) in [6, 6.07) is 3.37. The molecule has 0 radical (unpaired) electrons. The fourth-order valence-electron chi connectivity index (χ4n) is 1.31. The first-order valence-corrected chi connectivity index (χ1v) is 5.37. The van der Waals surface area contributed by atoms with Crippen LogP contribution in [0.15, 0.2) is 18.2 Å². The Morgan fingerprint density at radius 1 is 1.29 bits per heavy atom. The summed E-state index contributed by atoms with van der Waals surface area (Å²) in [6.07, 6.45) is -4.35. The molecule has 0 aromatic heterocycles. The topological polar surface area (TPSA) is 35.2 Å². The maximum Gasteiger partial charge on any atom is 0.416 e. The molecule has 0 saturated carbocycles. The van der Waals surface area contributed by atoms with E-state index < -0.39 is 11.7 Å². The van der Waals surface area contributed by atoms with Gasteiger partial charge in [-0.15, -0.1) is 0 Å². The van der Waals surface area contributed by atoms with Crippen LogP contribution in [0.1, 0.15) is 25.0 Å². The minimum absolute atomic E-state index is 0.0251. The van der Waals surface area contributed by atoms with E-state index in [1.54, 1.807) is 0 Å². The fourth-order valence-corrected chi connectivity index (χ4v) is 1.31. The third kappa shape index (κ3) is 3.93. The third-order valence-electron chi connectivity index (χ3n) is 2.18. The lowest BCUT2D eigenvalue weighted by Crippen LogP contribution is -2.11. The smallest absolute Gasteiger partial charge is 0.416 e. The van der Waals surface area contributed by atoms with Crippen molar-refractivity contribution in [3.05, 3.63) is 29.3 Å². The van der Waals surface area contributed by atoms with E-state index in [4.69, 9.17) is 10.5 Å². The van der Waals surface area contributed by atoms with Crippen LogP contribution in [-0.2, 0) is 12.7 Å². The number of benzene rings is 1. The van der Waals surface area contributed by atoms with Crippen molar-refractivity contribution in [2.75, 3.05) is 6.61 Å². The Labute approximate surface area is 98.6 Å². The van der Waals surface area contributed by atoms with Crippen LogP contribution in [0.2, 0.25) is 0 Å². The Bertz CT molecular complexity index is 375. The number of rotatable bonds is 4. The standard InChI is InChI=1S/C12H16F3NO/c1-8(2)7-17-11-4-3-10(12(13,14)15)5-9(11)6-16/h3-5,8H,6-7,16H2,1-2H3. The largest absolute Gasteiger partial charge is 0.493 e. The Hall–Kier alpha value is -1.23. The molecule has 0 atom stereocenters. The van der Waals surface area contributed by atoms with Gasteiger partial charge in [0.05, 0.1) is 12.2 Å². The van der Waals surface area contributed by atoms with Crippen LogP contribution in [-0.4, -0.2) is 6.61 Å². The van der Waals surface area contributed by atoms with Crippen molar-refractivity contribution in [1.82, 2.24) is 0 Å². The minimum Gasteiger partial charge on any atom is -0.493 e. The summed E-state index contributed by atoms with van der Waals surface area (Å²) >= 11 is 0. The second-order valence-corrected chi connectivity index (χ2v) is 4.23. The number of ether oxygens (including phenoxy) is 1. The monoisotopic (exact) mass is 247 g/mol. The molecular formula is C12H16F3NO. The van der Waals surface area contributed by atoms with E-state index in [0.29, 0.717) is 23.8 Å². The van der Waals surface area contributed by atoms with E-state index in [2.05, 4.69) is 0 Å². The van der Waals surface area contributed by atoms with Crippen LogP contribution >= 0.6 is 0 Å². The summed E-state index contributed by atoms with van der Waals surface area (Å²) in [5.41, 5.74) is 5.10. The van der Waals surface area contributed by atoms with Crippen LogP contribution in [0.3, 0.4) is 0 Å². The van der Waals surface area contributed by atoms with Crippen molar-refractivity contribution in [2.24, 2.45) is 11.7 Å². The van der Waals surface area contributed by atoms with Gasteiger partial charge in [-0.2, -0.15) is 13.2 Å². The van der Waals surface area contributed by atoms with Crippen molar-refractivity contribution in [3.63, 3.8) is 0 Å². The molecular weight excluding hydrogens is 231 g/mol. The Kier molecular flexibility index (Phi) is 4.40. The van der Waals surface area contributed by atoms with Gasteiger partial charge in [-0.1, -0.05) is 13.8 Å². The molecule has 1 aromatic rings. The quantitative estimate of drug-likeness (QED) is 0.886. The van der Waals surface area contributed by atoms with Crippen molar-refractivity contribution in [2.45, 2.75) is 26.6 Å². The normalized spacial score (nSPS) is 11.9. The summed E-state index contributed by atoms with van der Waals surface area (Å²) in [5.74, 6) is 0.733. The van der Waals surface area contributed by atoms with Gasteiger partial charge in [0.2, 0.25) is 0 Å². The van der Waals surface area contributed by atoms with Crippen LogP contribution < -0.4 is 10.5 Å². The summed E-state index contributed by atoms with van der Waals surface area (Å²) in [7, 11) is 0. The van der Waals surface area contributed by atoms with Crippen molar-refractivity contribution in [3.8, 4) is 5.75 Å². The first-order chi connectivity index (χ1) is 7.84. The summed E-state index contributed by atoms with van der Waals surface area (Å²) < 4.78 is 42.8. The molecule has 0 saturated heterocycles. The number of hydrogen-bond donors (Lipinski definition) is 1. The zero-order valence-electron chi connectivity index (χ0n) is 9.84. The van der Waals surface area contributed by atoms with E-state index >= 15 is 0 Å². The average molecular weight is 247 g/mol. The van der Waals surface area contributed by atoms with E-state index in [9.17, 15) is 13.2 Å². The SMILES string of the molecule is CC(C)COc1ccc(C(F)(F)F)cc1CN. The maximum absolute atomic E-state index is 12.5. The molecule has 5 heteroatoms. The summed E-state index contributed by atoms with van der Waals surface area (Å²) in [5, 5.41) is 0. The lowest BCUT2D eigenvalue weighted by molar-refractivity contribution is -0.137. The molecule has 0 heterocycles. The van der Waals surface area contributed by atoms with E-state index in [0.717, 1.165) is 12.1 Å². The zero-order chi connectivity index (χ0) is 13.1. The number of hydrogen-bond acceptors (Lipinski definition) is 2. The maximum atomic E-state index is 12.5. The van der Waals surface area contributed by atoms with E-state index in [1.165, 1.54) is 6.07 Å². The Morgan fingerprint density at radius 3 is 2.41 bits per heavy atom. The van der Waals surface area contributed by atoms with Crippen LogP contribution in [0.5, 0.6) is 5.75 Å². The molecule has 0 aliphatic rings. The van der Waals surface area contributed by atoms with Gasteiger partial charge >= 0.3 is 6.18 Å². The molecule has 1 rings (SSSR count). The van der Waals surface area contributed by atoms with Gasteiger partial charge in [0.15, 0.2) is 0 Å². The second-order valence-electron chi connectivity index (χ2n) is 4.23. The number of nitrogens with two attached hydrogens (primary N) is 1. The van der Waals surface area contributed by atoms with Gasteiger partial charge in [-0.25, -0.2) is 0 Å². The first kappa shape index (κ1) is 13.8. The first-order valence-electron chi connectivity index (χ1n) is 5.37. The van der Waals surface area contributed by atoms with E-state index in [-0.39, 0.29) is 6.54 Å². The lowest BCUT2D eigenvalue weighted by Gasteiger charge is -2.14. The Morgan fingerprint density at radius 2 is 1.94 bits per heavy atom. The molecule has 1 aromatic carbocycles. The minimum atomic E-state index is -4.35. The molecule has 0 aliphatic heterocycles. The predicted molar refractivity (Wildman–Crippen MR) is 59.7 cm³/mol. The number of halogens is 3. The van der Waals surface area contributed by atoms with Gasteiger partial charge in [0.25, 0.3) is 0 Å².